The third kappa shape index (κ3) is 4.59. The Labute approximate surface area is 136 Å². The molecule has 0 aromatic carbocycles. The van der Waals surface area contributed by atoms with E-state index in [9.17, 15) is 22.8 Å². The summed E-state index contributed by atoms with van der Waals surface area (Å²) in [6.07, 6.45) is -2.46. The minimum Gasteiger partial charge on any atom is -0.481 e. The molecule has 1 fully saturated rings. The first-order chi connectivity index (χ1) is 11.2. The highest BCUT2D eigenvalue weighted by molar-refractivity contribution is 5.90. The monoisotopic (exact) mass is 345 g/mol. The van der Waals surface area contributed by atoms with Crippen LogP contribution in [0.15, 0.2) is 12.1 Å². The van der Waals surface area contributed by atoms with Crippen LogP contribution in [-0.2, 0) is 11.0 Å². The number of aromatic nitrogens is 1. The summed E-state index contributed by atoms with van der Waals surface area (Å²) in [5.41, 5.74) is -0.757. The fourth-order valence-corrected chi connectivity index (χ4v) is 2.68. The van der Waals surface area contributed by atoms with Crippen LogP contribution in [0, 0.1) is 12.8 Å². The minimum atomic E-state index is -4.53. The van der Waals surface area contributed by atoms with Crippen molar-refractivity contribution in [3.63, 3.8) is 0 Å². The lowest BCUT2D eigenvalue weighted by Gasteiger charge is -2.26. The molecule has 132 valence electrons. The van der Waals surface area contributed by atoms with Gasteiger partial charge in [0.15, 0.2) is 0 Å². The van der Waals surface area contributed by atoms with Gasteiger partial charge in [-0.3, -0.25) is 4.79 Å². The number of carboxylic acids is 1. The zero-order valence-corrected chi connectivity index (χ0v) is 13.0. The molecule has 2 rings (SSSR count). The average molecular weight is 345 g/mol. The molecule has 0 saturated heterocycles. The summed E-state index contributed by atoms with van der Waals surface area (Å²) in [6.45, 7) is 1.38. The number of aryl methyl sites for hydroxylation is 1. The van der Waals surface area contributed by atoms with Crippen LogP contribution < -0.4 is 10.6 Å². The summed E-state index contributed by atoms with van der Waals surface area (Å²) in [6, 6.07) is 1.27. The fourth-order valence-electron chi connectivity index (χ4n) is 2.68. The molecular weight excluding hydrogens is 327 g/mol. The van der Waals surface area contributed by atoms with Crippen LogP contribution >= 0.6 is 0 Å². The van der Waals surface area contributed by atoms with Gasteiger partial charge in [-0.1, -0.05) is 0 Å². The van der Waals surface area contributed by atoms with Crippen molar-refractivity contribution in [1.82, 2.24) is 10.3 Å². The van der Waals surface area contributed by atoms with E-state index in [4.69, 9.17) is 5.11 Å². The van der Waals surface area contributed by atoms with Gasteiger partial charge in [0.25, 0.3) is 0 Å². The molecule has 0 unspecified atom stereocenters. The molecule has 1 heterocycles. The van der Waals surface area contributed by atoms with E-state index < -0.39 is 23.9 Å². The maximum atomic E-state index is 12.6. The van der Waals surface area contributed by atoms with Gasteiger partial charge in [-0.15, -0.1) is 0 Å². The van der Waals surface area contributed by atoms with Crippen molar-refractivity contribution in [3.8, 4) is 0 Å². The quantitative estimate of drug-likeness (QED) is 0.785. The molecule has 0 radical (unpaired) electrons. The molecule has 0 bridgehead atoms. The van der Waals surface area contributed by atoms with Crippen LogP contribution in [-0.4, -0.2) is 28.1 Å². The first kappa shape index (κ1) is 18.0. The van der Waals surface area contributed by atoms with Gasteiger partial charge in [0, 0.05) is 6.04 Å². The van der Waals surface area contributed by atoms with E-state index in [0.29, 0.717) is 25.7 Å². The molecule has 6 nitrogen and oxygen atoms in total. The first-order valence-electron chi connectivity index (χ1n) is 7.52. The van der Waals surface area contributed by atoms with E-state index in [2.05, 4.69) is 15.6 Å². The molecule has 0 atom stereocenters. The molecule has 1 aliphatic carbocycles. The lowest BCUT2D eigenvalue weighted by atomic mass is 9.86. The number of carboxylic acid groups (broad SMARTS) is 1. The number of nitrogens with zero attached hydrogens (tertiary/aromatic N) is 1. The smallest absolute Gasteiger partial charge is 0.433 e. The van der Waals surface area contributed by atoms with Crippen molar-refractivity contribution in [2.45, 2.75) is 44.8 Å². The molecule has 1 aromatic rings. The van der Waals surface area contributed by atoms with Crippen molar-refractivity contribution in [2.24, 2.45) is 5.92 Å². The highest BCUT2D eigenvalue weighted by atomic mass is 19.4. The third-order valence-electron chi connectivity index (χ3n) is 4.04. The van der Waals surface area contributed by atoms with E-state index >= 15 is 0 Å². The molecule has 9 heteroatoms. The van der Waals surface area contributed by atoms with Crippen LogP contribution in [0.3, 0.4) is 0 Å². The second-order valence-electron chi connectivity index (χ2n) is 5.81. The fraction of sp³-hybridized carbons (Fsp3) is 0.533. The van der Waals surface area contributed by atoms with Crippen LogP contribution in [0.25, 0.3) is 0 Å². The van der Waals surface area contributed by atoms with Gasteiger partial charge in [0.1, 0.15) is 5.69 Å². The number of urea groups is 1. The largest absolute Gasteiger partial charge is 0.481 e. The maximum Gasteiger partial charge on any atom is 0.433 e. The van der Waals surface area contributed by atoms with Gasteiger partial charge < -0.3 is 15.7 Å². The third-order valence-corrected chi connectivity index (χ3v) is 4.04. The van der Waals surface area contributed by atoms with Gasteiger partial charge in [0.2, 0.25) is 0 Å². The van der Waals surface area contributed by atoms with E-state index in [-0.39, 0.29) is 23.3 Å². The Hall–Kier alpha value is -2.32. The Balaban J connectivity index is 1.90. The Bertz CT molecular complexity index is 626. The Morgan fingerprint density at radius 3 is 2.33 bits per heavy atom. The number of amides is 2. The Morgan fingerprint density at radius 2 is 1.83 bits per heavy atom. The Morgan fingerprint density at radius 1 is 1.21 bits per heavy atom. The number of aliphatic carboxylic acids is 1. The van der Waals surface area contributed by atoms with Gasteiger partial charge in [-0.2, -0.15) is 13.2 Å². The standard InChI is InChI=1S/C15H18F3N3O3/c1-8-11(6-7-12(19-8)15(16,17)18)21-14(24)20-10-4-2-9(3-5-10)13(22)23/h6-7,9-10H,2-5H2,1H3,(H,22,23)(H2,20,21,24). The minimum absolute atomic E-state index is 0.0644. The van der Waals surface area contributed by atoms with Crippen molar-refractivity contribution >= 4 is 17.7 Å². The number of halogens is 3. The van der Waals surface area contributed by atoms with Gasteiger partial charge in [-0.05, 0) is 44.7 Å². The molecule has 0 spiro atoms. The zero-order valence-electron chi connectivity index (χ0n) is 13.0. The molecule has 1 aromatic heterocycles. The van der Waals surface area contributed by atoms with Crippen molar-refractivity contribution in [1.29, 1.82) is 0 Å². The number of carbonyl (C=O) groups excluding carboxylic acids is 1. The van der Waals surface area contributed by atoms with Crippen LogP contribution in [0.1, 0.15) is 37.1 Å². The summed E-state index contributed by atoms with van der Waals surface area (Å²) in [7, 11) is 0. The maximum absolute atomic E-state index is 12.6. The second kappa shape index (κ2) is 7.06. The number of hydrogen-bond acceptors (Lipinski definition) is 3. The van der Waals surface area contributed by atoms with Crippen molar-refractivity contribution in [3.05, 3.63) is 23.5 Å². The highest BCUT2D eigenvalue weighted by Crippen LogP contribution is 2.29. The van der Waals surface area contributed by atoms with E-state index in [1.165, 1.54) is 6.92 Å². The number of alkyl halides is 3. The van der Waals surface area contributed by atoms with Gasteiger partial charge in [0.05, 0.1) is 17.3 Å². The number of carbonyl (C=O) groups is 2. The van der Waals surface area contributed by atoms with Crippen LogP contribution in [0.4, 0.5) is 23.7 Å². The number of pyridine rings is 1. The molecular formula is C15H18F3N3O3. The summed E-state index contributed by atoms with van der Waals surface area (Å²) in [5.74, 6) is -1.21. The summed E-state index contributed by atoms with van der Waals surface area (Å²) in [4.78, 5) is 26.3. The second-order valence-corrected chi connectivity index (χ2v) is 5.81. The summed E-state index contributed by atoms with van der Waals surface area (Å²) < 4.78 is 37.7. The zero-order chi connectivity index (χ0) is 17.9. The predicted molar refractivity (Wildman–Crippen MR) is 79.5 cm³/mol. The molecule has 0 aliphatic heterocycles. The van der Waals surface area contributed by atoms with Crippen molar-refractivity contribution < 1.29 is 27.9 Å². The number of rotatable bonds is 3. The normalized spacial score (nSPS) is 21.2. The molecule has 1 aliphatic rings. The SMILES string of the molecule is Cc1nc(C(F)(F)F)ccc1NC(=O)NC1CCC(C(=O)O)CC1. The molecule has 24 heavy (non-hydrogen) atoms. The number of nitrogens with one attached hydrogen (secondary N) is 2. The van der Waals surface area contributed by atoms with E-state index in [1.807, 2.05) is 0 Å². The topological polar surface area (TPSA) is 91.3 Å². The predicted octanol–water partition coefficient (Wildman–Crippen LogP) is 3.17. The van der Waals surface area contributed by atoms with Crippen molar-refractivity contribution in [2.75, 3.05) is 5.32 Å². The van der Waals surface area contributed by atoms with Crippen LogP contribution in [0.5, 0.6) is 0 Å². The molecule has 2 amide bonds. The van der Waals surface area contributed by atoms with E-state index in [0.717, 1.165) is 12.1 Å². The summed E-state index contributed by atoms with van der Waals surface area (Å²) >= 11 is 0. The average Bonchev–Trinajstić information content (AvgIpc) is 2.48. The Kier molecular flexibility index (Phi) is 5.30. The van der Waals surface area contributed by atoms with Gasteiger partial charge in [-0.25, -0.2) is 9.78 Å². The van der Waals surface area contributed by atoms with Crippen LogP contribution in [0.2, 0.25) is 0 Å². The van der Waals surface area contributed by atoms with E-state index in [1.54, 1.807) is 0 Å². The first-order valence-corrected chi connectivity index (χ1v) is 7.52. The molecule has 3 N–H and O–H groups in total. The summed E-state index contributed by atoms with van der Waals surface area (Å²) in [5, 5.41) is 14.1. The highest BCUT2D eigenvalue weighted by Gasteiger charge is 2.33. The number of anilines is 1. The van der Waals surface area contributed by atoms with Gasteiger partial charge >= 0.3 is 18.2 Å². The lowest BCUT2D eigenvalue weighted by Crippen LogP contribution is -2.41. The number of hydrogen-bond donors (Lipinski definition) is 3. The lowest BCUT2D eigenvalue weighted by molar-refractivity contribution is -0.143. The molecule has 1 saturated carbocycles.